The minimum atomic E-state index is -0.988. The zero-order valence-corrected chi connectivity index (χ0v) is 18.7. The van der Waals surface area contributed by atoms with E-state index in [2.05, 4.69) is 10.3 Å². The molecule has 0 bridgehead atoms. The Balaban J connectivity index is 1.39. The van der Waals surface area contributed by atoms with Crippen LogP contribution in [0.5, 0.6) is 0 Å². The van der Waals surface area contributed by atoms with Crippen molar-refractivity contribution >= 4 is 46.2 Å². The summed E-state index contributed by atoms with van der Waals surface area (Å²) >= 11 is 0. The summed E-state index contributed by atoms with van der Waals surface area (Å²) in [5, 5.41) is 8.21. The molecule has 0 spiro atoms. The van der Waals surface area contributed by atoms with Gasteiger partial charge in [0.1, 0.15) is 17.4 Å². The van der Waals surface area contributed by atoms with Crippen molar-refractivity contribution in [2.75, 3.05) is 9.80 Å². The second kappa shape index (κ2) is 7.42. The van der Waals surface area contributed by atoms with Gasteiger partial charge in [-0.3, -0.25) is 14.4 Å². The summed E-state index contributed by atoms with van der Waals surface area (Å²) in [7, 11) is 0. The number of carbonyl (C=O) groups is 3. The first-order valence-corrected chi connectivity index (χ1v) is 11.6. The van der Waals surface area contributed by atoms with E-state index in [1.165, 1.54) is 28.9 Å². The summed E-state index contributed by atoms with van der Waals surface area (Å²) in [6.07, 6.45) is 3.80. The molecule has 0 N–H and O–H groups in total. The Morgan fingerprint density at radius 1 is 0.861 bits per heavy atom. The average molecular weight is 479 g/mol. The number of hydrogen-bond donors (Lipinski definition) is 0. The van der Waals surface area contributed by atoms with Gasteiger partial charge in [-0.2, -0.15) is 4.68 Å². The zero-order valence-electron chi connectivity index (χ0n) is 18.7. The van der Waals surface area contributed by atoms with Crippen LogP contribution in [0.1, 0.15) is 10.4 Å². The molecule has 9 heteroatoms. The van der Waals surface area contributed by atoms with Crippen molar-refractivity contribution < 1.29 is 18.8 Å². The van der Waals surface area contributed by atoms with Crippen LogP contribution in [-0.4, -0.2) is 44.8 Å². The number of hydrogen-bond acceptors (Lipinski definition) is 6. The predicted octanol–water partition coefficient (Wildman–Crippen LogP) is 3.30. The molecule has 36 heavy (non-hydrogen) atoms. The second-order valence-electron chi connectivity index (χ2n) is 9.13. The van der Waals surface area contributed by atoms with Crippen molar-refractivity contribution in [3.63, 3.8) is 0 Å². The van der Waals surface area contributed by atoms with Gasteiger partial charge in [-0.15, -0.1) is 5.10 Å². The number of anilines is 2. The summed E-state index contributed by atoms with van der Waals surface area (Å²) in [5.74, 6) is -3.53. The highest BCUT2D eigenvalue weighted by molar-refractivity contribution is 6.25. The van der Waals surface area contributed by atoms with Gasteiger partial charge >= 0.3 is 0 Å². The molecule has 2 fully saturated rings. The molecule has 7 rings (SSSR count). The third-order valence-corrected chi connectivity index (χ3v) is 7.31. The van der Waals surface area contributed by atoms with E-state index in [4.69, 9.17) is 0 Å². The van der Waals surface area contributed by atoms with Crippen molar-refractivity contribution in [3.8, 4) is 0 Å². The smallest absolute Gasteiger partial charge is 0.272 e. The molecular formula is C27H18FN5O3. The first-order chi connectivity index (χ1) is 17.5. The highest BCUT2D eigenvalue weighted by Gasteiger charge is 2.64. The van der Waals surface area contributed by atoms with Crippen LogP contribution in [0, 0.1) is 17.7 Å². The van der Waals surface area contributed by atoms with Crippen molar-refractivity contribution in [2.45, 2.75) is 12.1 Å². The molecule has 8 nitrogen and oxygen atoms in total. The van der Waals surface area contributed by atoms with Gasteiger partial charge in [0, 0.05) is 5.69 Å². The Kier molecular flexibility index (Phi) is 4.26. The number of imide groups is 1. The molecule has 1 aromatic heterocycles. The van der Waals surface area contributed by atoms with E-state index in [1.807, 2.05) is 41.3 Å². The monoisotopic (exact) mass is 479 g/mol. The number of halogens is 1. The molecule has 3 aliphatic heterocycles. The Morgan fingerprint density at radius 3 is 2.42 bits per heavy atom. The normalized spacial score (nSPS) is 24.2. The van der Waals surface area contributed by atoms with Crippen molar-refractivity contribution in [1.29, 1.82) is 0 Å². The quantitative estimate of drug-likeness (QED) is 0.410. The Bertz CT molecular complexity index is 1610. The van der Waals surface area contributed by atoms with E-state index < -0.39 is 47.5 Å². The molecule has 2 amide bonds. The van der Waals surface area contributed by atoms with E-state index in [1.54, 1.807) is 24.3 Å². The fraction of sp³-hybridized carbons (Fsp3) is 0.148. The number of benzene rings is 3. The molecular weight excluding hydrogens is 461 g/mol. The average Bonchev–Trinajstić information content (AvgIpc) is 3.56. The lowest BCUT2D eigenvalue weighted by molar-refractivity contribution is -0.122. The molecule has 4 atom stereocenters. The van der Waals surface area contributed by atoms with E-state index in [0.717, 1.165) is 16.2 Å². The molecule has 0 aliphatic carbocycles. The molecule has 0 unspecified atom stereocenters. The lowest BCUT2D eigenvalue weighted by atomic mass is 9.88. The van der Waals surface area contributed by atoms with Gasteiger partial charge < -0.3 is 4.90 Å². The summed E-state index contributed by atoms with van der Waals surface area (Å²) in [5.41, 5.74) is 3.03. The summed E-state index contributed by atoms with van der Waals surface area (Å²) in [6.45, 7) is 0. The standard InChI is InChI=1S/C27H18FN5O3/c28-16-10-12-17(13-11-16)31-25(34)22-21-14-9-15-5-1-3-7-19(15)32(21)24(23(22)26(31)35)27(36)33-20-8-4-2-6-18(20)29-30-33/h1-14,21-24H/t21-,22+,23+,24+/m1/s1. The predicted molar refractivity (Wildman–Crippen MR) is 130 cm³/mol. The van der Waals surface area contributed by atoms with Crippen LogP contribution in [0.4, 0.5) is 15.8 Å². The van der Waals surface area contributed by atoms with Crippen LogP contribution in [0.3, 0.4) is 0 Å². The Hall–Kier alpha value is -4.66. The van der Waals surface area contributed by atoms with E-state index >= 15 is 0 Å². The van der Waals surface area contributed by atoms with Crippen molar-refractivity contribution in [2.24, 2.45) is 11.8 Å². The molecule has 176 valence electrons. The van der Waals surface area contributed by atoms with Gasteiger partial charge in [0.25, 0.3) is 5.91 Å². The summed E-state index contributed by atoms with van der Waals surface area (Å²) in [6, 6.07) is 18.4. The number of nitrogens with zero attached hydrogens (tertiary/aromatic N) is 5. The van der Waals surface area contributed by atoms with Crippen LogP contribution in [0.25, 0.3) is 17.1 Å². The third-order valence-electron chi connectivity index (χ3n) is 7.31. The fourth-order valence-electron chi connectivity index (χ4n) is 5.80. The lowest BCUT2D eigenvalue weighted by Crippen LogP contribution is -2.50. The number of carbonyl (C=O) groups excluding carboxylic acids is 3. The van der Waals surface area contributed by atoms with Gasteiger partial charge in [-0.1, -0.05) is 47.7 Å². The summed E-state index contributed by atoms with van der Waals surface area (Å²) < 4.78 is 14.8. The maximum atomic E-state index is 14.1. The van der Waals surface area contributed by atoms with Gasteiger partial charge in [-0.25, -0.2) is 9.29 Å². The molecule has 0 saturated carbocycles. The number of aromatic nitrogens is 3. The highest BCUT2D eigenvalue weighted by Crippen LogP contribution is 2.49. The molecule has 2 saturated heterocycles. The SMILES string of the molecule is O=C1[C@@H]2[C@H](C(=O)N1c1ccc(F)cc1)[C@@H](C(=O)n1nnc3ccccc31)N1c3ccccc3C=C[C@H]21. The third kappa shape index (κ3) is 2.70. The number of amides is 2. The van der Waals surface area contributed by atoms with Crippen molar-refractivity contribution in [1.82, 2.24) is 15.0 Å². The zero-order chi connectivity index (χ0) is 24.6. The van der Waals surface area contributed by atoms with Crippen LogP contribution in [-0.2, 0) is 9.59 Å². The molecule has 4 aromatic rings. The molecule has 3 aliphatic rings. The molecule has 4 heterocycles. The van der Waals surface area contributed by atoms with Gasteiger partial charge in [0.05, 0.1) is 29.1 Å². The van der Waals surface area contributed by atoms with E-state index in [9.17, 15) is 18.8 Å². The highest BCUT2D eigenvalue weighted by atomic mass is 19.1. The Morgan fingerprint density at radius 2 is 1.58 bits per heavy atom. The lowest BCUT2D eigenvalue weighted by Gasteiger charge is -2.36. The topological polar surface area (TPSA) is 88.4 Å². The first kappa shape index (κ1) is 20.7. The van der Waals surface area contributed by atoms with E-state index in [0.29, 0.717) is 11.0 Å². The minimum Gasteiger partial charge on any atom is -0.351 e. The number of rotatable bonds is 2. The van der Waals surface area contributed by atoms with E-state index in [-0.39, 0.29) is 5.69 Å². The van der Waals surface area contributed by atoms with Crippen LogP contribution in [0.15, 0.2) is 78.9 Å². The second-order valence-corrected chi connectivity index (χ2v) is 9.13. The largest absolute Gasteiger partial charge is 0.351 e. The van der Waals surface area contributed by atoms with Crippen molar-refractivity contribution in [3.05, 3.63) is 90.3 Å². The maximum absolute atomic E-state index is 14.1. The maximum Gasteiger partial charge on any atom is 0.272 e. The first-order valence-electron chi connectivity index (χ1n) is 11.6. The van der Waals surface area contributed by atoms with Crippen LogP contribution >= 0.6 is 0 Å². The molecule has 3 aromatic carbocycles. The van der Waals surface area contributed by atoms with Gasteiger partial charge in [0.2, 0.25) is 11.8 Å². The number of para-hydroxylation sites is 2. The Labute approximate surface area is 204 Å². The van der Waals surface area contributed by atoms with Crippen LogP contribution < -0.4 is 9.80 Å². The summed E-state index contributed by atoms with van der Waals surface area (Å²) in [4.78, 5) is 44.7. The van der Waals surface area contributed by atoms with Gasteiger partial charge in [-0.05, 0) is 48.0 Å². The van der Waals surface area contributed by atoms with Gasteiger partial charge in [0.15, 0.2) is 0 Å². The fourth-order valence-corrected chi connectivity index (χ4v) is 5.80. The number of fused-ring (bicyclic) bond motifs is 6. The van der Waals surface area contributed by atoms with Crippen LogP contribution in [0.2, 0.25) is 0 Å². The molecule has 0 radical (unpaired) electrons. The minimum absolute atomic E-state index is 0.282.